The average Bonchev–Trinajstić information content (AvgIpc) is 3.28. The Hall–Kier alpha value is -2.77. The Labute approximate surface area is 187 Å². The second kappa shape index (κ2) is 7.14. The van der Waals surface area contributed by atoms with Crippen LogP contribution < -0.4 is 0 Å². The van der Waals surface area contributed by atoms with Gasteiger partial charge in [0.25, 0.3) is 0 Å². The number of azo groups is 1. The molecule has 1 unspecified atom stereocenters. The molecule has 1 aliphatic heterocycles. The van der Waals surface area contributed by atoms with Crippen LogP contribution in [0.25, 0.3) is 22.2 Å². The monoisotopic (exact) mass is 454 g/mol. The first-order chi connectivity index (χ1) is 14.7. The number of rotatable bonds is 3. The van der Waals surface area contributed by atoms with Crippen molar-refractivity contribution in [3.63, 3.8) is 0 Å². The smallest absolute Gasteiger partial charge is 0.230 e. The van der Waals surface area contributed by atoms with Crippen molar-refractivity contribution in [2.45, 2.75) is 38.6 Å². The second-order valence-electron chi connectivity index (χ2n) is 8.54. The minimum Gasteiger partial charge on any atom is -0.493 e. The molecule has 8 heteroatoms. The van der Waals surface area contributed by atoms with Crippen LogP contribution in [0.4, 0.5) is 15.2 Å². The quantitative estimate of drug-likeness (QED) is 0.319. The van der Waals surface area contributed by atoms with Crippen LogP contribution in [-0.4, -0.2) is 14.7 Å². The first-order valence-electron chi connectivity index (χ1n) is 9.95. The van der Waals surface area contributed by atoms with Gasteiger partial charge in [0, 0.05) is 26.9 Å². The molecule has 0 saturated carbocycles. The lowest BCUT2D eigenvalue weighted by atomic mass is 9.82. The molecule has 2 aromatic heterocycles. The van der Waals surface area contributed by atoms with Crippen molar-refractivity contribution in [1.82, 2.24) is 9.55 Å². The lowest BCUT2D eigenvalue weighted by Gasteiger charge is -2.36. The van der Waals surface area contributed by atoms with Crippen molar-refractivity contribution in [1.29, 1.82) is 0 Å². The number of benzene rings is 2. The first-order valence-corrected chi connectivity index (χ1v) is 11.2. The van der Waals surface area contributed by atoms with E-state index >= 15 is 0 Å². The summed E-state index contributed by atoms with van der Waals surface area (Å²) in [6.07, 6.45) is 0.786. The SMILES string of the molecule is CC1CC(C)(C)n2c(O)c(N=Nc3nc(-c4ccc(Cl)cc4)cs3)c3cc(F)cc1c32. The standard InChI is InChI=1S/C23H20ClFN4OS/c1-12-10-23(2,3)29-20-16(12)8-15(25)9-17(20)19(21(29)30)27-28-22-26-18(11-31-22)13-4-6-14(24)7-5-13/h4-9,11-12,30H,10H2,1-3H3. The average molecular weight is 455 g/mol. The van der Waals surface area contributed by atoms with Gasteiger partial charge in [0.05, 0.1) is 11.2 Å². The molecule has 1 aliphatic rings. The van der Waals surface area contributed by atoms with Gasteiger partial charge in [-0.05, 0) is 56.0 Å². The Morgan fingerprint density at radius 2 is 1.97 bits per heavy atom. The summed E-state index contributed by atoms with van der Waals surface area (Å²) >= 11 is 7.29. The van der Waals surface area contributed by atoms with Gasteiger partial charge in [0.1, 0.15) is 5.82 Å². The summed E-state index contributed by atoms with van der Waals surface area (Å²) in [6, 6.07) is 10.4. The molecule has 31 heavy (non-hydrogen) atoms. The lowest BCUT2D eigenvalue weighted by Crippen LogP contribution is -2.31. The molecule has 1 atom stereocenters. The third-order valence-electron chi connectivity index (χ3n) is 5.82. The molecule has 5 rings (SSSR count). The molecule has 5 nitrogen and oxygen atoms in total. The molecule has 0 spiro atoms. The van der Waals surface area contributed by atoms with Crippen molar-refractivity contribution >= 4 is 44.7 Å². The summed E-state index contributed by atoms with van der Waals surface area (Å²) in [5, 5.41) is 23.1. The molecule has 0 aliphatic carbocycles. The van der Waals surface area contributed by atoms with Gasteiger partial charge in [0.15, 0.2) is 5.69 Å². The molecule has 0 saturated heterocycles. The predicted molar refractivity (Wildman–Crippen MR) is 123 cm³/mol. The lowest BCUT2D eigenvalue weighted by molar-refractivity contribution is 0.267. The molecule has 3 heterocycles. The van der Waals surface area contributed by atoms with Gasteiger partial charge in [-0.2, -0.15) is 0 Å². The third-order valence-corrected chi connectivity index (χ3v) is 6.79. The highest BCUT2D eigenvalue weighted by Gasteiger charge is 2.36. The van der Waals surface area contributed by atoms with Crippen LogP contribution in [0.5, 0.6) is 5.88 Å². The van der Waals surface area contributed by atoms with Gasteiger partial charge in [-0.15, -0.1) is 21.6 Å². The van der Waals surface area contributed by atoms with Gasteiger partial charge in [0.2, 0.25) is 11.0 Å². The summed E-state index contributed by atoms with van der Waals surface area (Å²) in [5.41, 5.74) is 3.32. The van der Waals surface area contributed by atoms with Crippen LogP contribution in [0.2, 0.25) is 5.02 Å². The molecule has 0 fully saturated rings. The summed E-state index contributed by atoms with van der Waals surface area (Å²) in [6.45, 7) is 6.21. The van der Waals surface area contributed by atoms with Crippen molar-refractivity contribution in [2.75, 3.05) is 0 Å². The summed E-state index contributed by atoms with van der Waals surface area (Å²) < 4.78 is 16.2. The number of halogens is 2. The van der Waals surface area contributed by atoms with Crippen molar-refractivity contribution < 1.29 is 9.50 Å². The van der Waals surface area contributed by atoms with E-state index in [4.69, 9.17) is 11.6 Å². The highest BCUT2D eigenvalue weighted by molar-refractivity contribution is 7.13. The van der Waals surface area contributed by atoms with Crippen LogP contribution in [0.15, 0.2) is 52.0 Å². The molecule has 0 bridgehead atoms. The van der Waals surface area contributed by atoms with Crippen LogP contribution in [0.3, 0.4) is 0 Å². The second-order valence-corrected chi connectivity index (χ2v) is 9.81. The van der Waals surface area contributed by atoms with Crippen molar-refractivity contribution in [2.24, 2.45) is 10.2 Å². The number of nitrogens with zero attached hydrogens (tertiary/aromatic N) is 4. The van der Waals surface area contributed by atoms with Gasteiger partial charge in [-0.1, -0.05) is 30.7 Å². The van der Waals surface area contributed by atoms with E-state index in [-0.39, 0.29) is 28.8 Å². The Bertz CT molecular complexity index is 1340. The van der Waals surface area contributed by atoms with E-state index in [9.17, 15) is 9.50 Å². The van der Waals surface area contributed by atoms with Crippen molar-refractivity contribution in [3.05, 3.63) is 58.2 Å². The van der Waals surface area contributed by atoms with Gasteiger partial charge in [-0.25, -0.2) is 9.37 Å². The molecule has 0 amide bonds. The summed E-state index contributed by atoms with van der Waals surface area (Å²) in [4.78, 5) is 4.50. The highest BCUT2D eigenvalue weighted by Crippen LogP contribution is 2.51. The van der Waals surface area contributed by atoms with E-state index in [1.54, 1.807) is 18.2 Å². The van der Waals surface area contributed by atoms with E-state index in [0.717, 1.165) is 28.8 Å². The largest absolute Gasteiger partial charge is 0.493 e. The fourth-order valence-corrected chi connectivity index (χ4v) is 5.32. The van der Waals surface area contributed by atoms with Gasteiger partial charge in [-0.3, -0.25) is 0 Å². The summed E-state index contributed by atoms with van der Waals surface area (Å²) in [7, 11) is 0. The maximum atomic E-state index is 14.4. The van der Waals surface area contributed by atoms with E-state index in [1.165, 1.54) is 17.4 Å². The van der Waals surface area contributed by atoms with Gasteiger partial charge < -0.3 is 9.67 Å². The van der Waals surface area contributed by atoms with E-state index < -0.39 is 0 Å². The number of aromatic nitrogens is 2. The zero-order chi connectivity index (χ0) is 21.9. The van der Waals surface area contributed by atoms with E-state index in [2.05, 4.69) is 36.0 Å². The minimum absolute atomic E-state index is 0.00280. The fraction of sp³-hybridized carbons (Fsp3) is 0.261. The van der Waals surface area contributed by atoms with Gasteiger partial charge >= 0.3 is 0 Å². The number of aromatic hydroxyl groups is 1. The number of hydrogen-bond acceptors (Lipinski definition) is 5. The maximum absolute atomic E-state index is 14.4. The normalized spacial score (nSPS) is 17.6. The molecule has 2 aromatic carbocycles. The van der Waals surface area contributed by atoms with Crippen LogP contribution >= 0.6 is 22.9 Å². The first kappa shape index (κ1) is 20.2. The molecular weight excluding hydrogens is 435 g/mol. The Morgan fingerprint density at radius 1 is 1.23 bits per heavy atom. The van der Waals surface area contributed by atoms with Crippen LogP contribution in [0, 0.1) is 5.82 Å². The third kappa shape index (κ3) is 3.32. The highest BCUT2D eigenvalue weighted by atomic mass is 35.5. The molecule has 4 aromatic rings. The predicted octanol–water partition coefficient (Wildman–Crippen LogP) is 7.92. The topological polar surface area (TPSA) is 62.8 Å². The Morgan fingerprint density at radius 3 is 2.71 bits per heavy atom. The van der Waals surface area contributed by atoms with E-state index in [0.29, 0.717) is 15.5 Å². The Kier molecular flexibility index (Phi) is 4.64. The number of hydrogen-bond donors (Lipinski definition) is 1. The minimum atomic E-state index is -0.345. The molecule has 158 valence electrons. The van der Waals surface area contributed by atoms with Crippen molar-refractivity contribution in [3.8, 4) is 17.1 Å². The zero-order valence-electron chi connectivity index (χ0n) is 17.2. The molecule has 1 N–H and O–H groups in total. The maximum Gasteiger partial charge on any atom is 0.230 e. The number of thiazole rings is 1. The zero-order valence-corrected chi connectivity index (χ0v) is 18.8. The van der Waals surface area contributed by atoms with Crippen LogP contribution in [-0.2, 0) is 5.54 Å². The van der Waals surface area contributed by atoms with Crippen LogP contribution in [0.1, 0.15) is 38.7 Å². The molecule has 0 radical (unpaired) electrons. The van der Waals surface area contributed by atoms with E-state index in [1.807, 2.05) is 22.1 Å². The Balaban J connectivity index is 1.59. The molecular formula is C23H20ClFN4OS. The summed E-state index contributed by atoms with van der Waals surface area (Å²) in [5.74, 6) is -0.181. The fourth-order valence-electron chi connectivity index (χ4n) is 4.55.